The van der Waals surface area contributed by atoms with Crippen molar-refractivity contribution in [2.75, 3.05) is 59.9 Å². The third-order valence-electron chi connectivity index (χ3n) is 5.11. The van der Waals surface area contributed by atoms with Gasteiger partial charge in [0, 0.05) is 43.0 Å². The zero-order chi connectivity index (χ0) is 21.7. The number of carbonyl (C=O) groups excluding carboxylic acids is 2. The van der Waals surface area contributed by atoms with Crippen LogP contribution in [0.1, 0.15) is 20.7 Å². The van der Waals surface area contributed by atoms with Crippen molar-refractivity contribution in [1.29, 1.82) is 0 Å². The third kappa shape index (κ3) is 4.65. The number of hydrogen-bond acceptors (Lipinski definition) is 6. The minimum atomic E-state index is -0.326. The Labute approximate surface area is 176 Å². The molecule has 2 amide bonds. The molecule has 160 valence electrons. The van der Waals surface area contributed by atoms with Gasteiger partial charge >= 0.3 is 0 Å². The van der Waals surface area contributed by atoms with E-state index in [0.717, 1.165) is 26.2 Å². The molecule has 1 aliphatic heterocycles. The van der Waals surface area contributed by atoms with E-state index >= 15 is 0 Å². The normalized spacial score (nSPS) is 14.2. The lowest BCUT2D eigenvalue weighted by atomic mass is 10.1. The molecule has 8 nitrogen and oxygen atoms in total. The number of hydrogen-bond donors (Lipinski definition) is 1. The Kier molecular flexibility index (Phi) is 6.79. The molecule has 0 bridgehead atoms. The topological polar surface area (TPSA) is 80.3 Å². The summed E-state index contributed by atoms with van der Waals surface area (Å²) in [7, 11) is 6.54. The van der Waals surface area contributed by atoms with Crippen LogP contribution in [0.5, 0.6) is 17.2 Å². The number of anilines is 1. The van der Waals surface area contributed by atoms with Crippen molar-refractivity contribution < 1.29 is 23.8 Å². The van der Waals surface area contributed by atoms with Crippen molar-refractivity contribution >= 4 is 17.5 Å². The van der Waals surface area contributed by atoms with Crippen LogP contribution in [0.2, 0.25) is 0 Å². The van der Waals surface area contributed by atoms with Gasteiger partial charge in [-0.1, -0.05) is 0 Å². The van der Waals surface area contributed by atoms with Crippen LogP contribution in [0, 0.1) is 0 Å². The summed E-state index contributed by atoms with van der Waals surface area (Å²) in [5.41, 5.74) is 1.55. The quantitative estimate of drug-likeness (QED) is 0.783. The predicted octanol–water partition coefficient (Wildman–Crippen LogP) is 2.35. The average Bonchev–Trinajstić information content (AvgIpc) is 2.78. The van der Waals surface area contributed by atoms with Gasteiger partial charge in [-0.2, -0.15) is 0 Å². The smallest absolute Gasteiger partial charge is 0.255 e. The van der Waals surface area contributed by atoms with Crippen LogP contribution in [0.15, 0.2) is 36.4 Å². The van der Waals surface area contributed by atoms with E-state index in [1.54, 1.807) is 36.4 Å². The fourth-order valence-electron chi connectivity index (χ4n) is 3.30. The Bertz CT molecular complexity index is 880. The Hall–Kier alpha value is -3.26. The lowest BCUT2D eigenvalue weighted by Gasteiger charge is -2.32. The van der Waals surface area contributed by atoms with Gasteiger partial charge in [0.15, 0.2) is 11.5 Å². The fraction of sp³-hybridized carbons (Fsp3) is 0.364. The van der Waals surface area contributed by atoms with E-state index in [-0.39, 0.29) is 11.8 Å². The molecule has 1 heterocycles. The number of rotatable bonds is 6. The number of amides is 2. The monoisotopic (exact) mass is 413 g/mol. The molecule has 0 spiro atoms. The van der Waals surface area contributed by atoms with Crippen LogP contribution < -0.4 is 19.5 Å². The van der Waals surface area contributed by atoms with Crippen LogP contribution in [-0.2, 0) is 0 Å². The molecule has 1 fully saturated rings. The summed E-state index contributed by atoms with van der Waals surface area (Å²) < 4.78 is 15.9. The molecule has 8 heteroatoms. The number of piperazine rings is 1. The molecule has 0 unspecified atom stereocenters. The SMILES string of the molecule is COc1cc(C(=O)Nc2ccc(C(=O)N3CCN(C)CC3)cc2)cc(OC)c1OC. The Morgan fingerprint density at radius 2 is 1.40 bits per heavy atom. The molecule has 1 N–H and O–H groups in total. The highest BCUT2D eigenvalue weighted by atomic mass is 16.5. The van der Waals surface area contributed by atoms with E-state index in [1.807, 2.05) is 11.9 Å². The Morgan fingerprint density at radius 3 is 1.90 bits per heavy atom. The van der Waals surface area contributed by atoms with Crippen LogP contribution in [0.4, 0.5) is 5.69 Å². The number of methoxy groups -OCH3 is 3. The molecule has 2 aromatic carbocycles. The van der Waals surface area contributed by atoms with Gasteiger partial charge in [0.2, 0.25) is 5.75 Å². The second kappa shape index (κ2) is 9.49. The van der Waals surface area contributed by atoms with E-state index in [0.29, 0.717) is 34.1 Å². The first kappa shape index (κ1) is 21.4. The molecule has 0 aliphatic carbocycles. The average molecular weight is 413 g/mol. The standard InChI is InChI=1S/C22H27N3O5/c1-24-9-11-25(12-10-24)22(27)15-5-7-17(8-6-15)23-21(26)16-13-18(28-2)20(30-4)19(14-16)29-3/h5-8,13-14H,9-12H2,1-4H3,(H,23,26). The van der Waals surface area contributed by atoms with Crippen LogP contribution >= 0.6 is 0 Å². The number of nitrogens with one attached hydrogen (secondary N) is 1. The number of ether oxygens (including phenoxy) is 3. The van der Waals surface area contributed by atoms with Crippen molar-refractivity contribution in [2.45, 2.75) is 0 Å². The van der Waals surface area contributed by atoms with Gasteiger partial charge in [-0.05, 0) is 43.4 Å². The summed E-state index contributed by atoms with van der Waals surface area (Å²) in [4.78, 5) is 29.4. The highest BCUT2D eigenvalue weighted by Gasteiger charge is 2.21. The zero-order valence-corrected chi connectivity index (χ0v) is 17.7. The molecule has 1 aliphatic rings. The Morgan fingerprint density at radius 1 is 0.833 bits per heavy atom. The van der Waals surface area contributed by atoms with Crippen LogP contribution in [0.3, 0.4) is 0 Å². The molecule has 1 saturated heterocycles. The summed E-state index contributed by atoms with van der Waals surface area (Å²) >= 11 is 0. The van der Waals surface area contributed by atoms with Crippen molar-refractivity contribution in [2.24, 2.45) is 0 Å². The number of carbonyl (C=O) groups is 2. The first-order chi connectivity index (χ1) is 14.5. The van der Waals surface area contributed by atoms with Gasteiger partial charge in [0.25, 0.3) is 11.8 Å². The highest BCUT2D eigenvalue weighted by Crippen LogP contribution is 2.38. The Balaban J connectivity index is 1.71. The van der Waals surface area contributed by atoms with Gasteiger partial charge in [0.1, 0.15) is 0 Å². The molecule has 0 aromatic heterocycles. The maximum atomic E-state index is 12.7. The summed E-state index contributed by atoms with van der Waals surface area (Å²) in [6, 6.07) is 10.1. The van der Waals surface area contributed by atoms with E-state index in [9.17, 15) is 9.59 Å². The maximum absolute atomic E-state index is 12.7. The van der Waals surface area contributed by atoms with Crippen LogP contribution in [0.25, 0.3) is 0 Å². The van der Waals surface area contributed by atoms with Crippen molar-refractivity contribution in [3.05, 3.63) is 47.5 Å². The molecular formula is C22H27N3O5. The number of nitrogens with zero attached hydrogens (tertiary/aromatic N) is 2. The first-order valence-corrected chi connectivity index (χ1v) is 9.66. The van der Waals surface area contributed by atoms with Gasteiger partial charge in [0.05, 0.1) is 21.3 Å². The first-order valence-electron chi connectivity index (χ1n) is 9.66. The van der Waals surface area contributed by atoms with Gasteiger partial charge in [-0.3, -0.25) is 9.59 Å². The second-order valence-corrected chi connectivity index (χ2v) is 7.04. The van der Waals surface area contributed by atoms with E-state index < -0.39 is 0 Å². The van der Waals surface area contributed by atoms with Gasteiger partial charge in [-0.25, -0.2) is 0 Å². The highest BCUT2D eigenvalue weighted by molar-refractivity contribution is 6.05. The van der Waals surface area contributed by atoms with E-state index in [1.165, 1.54) is 21.3 Å². The summed E-state index contributed by atoms with van der Waals surface area (Å²) in [6.45, 7) is 3.17. The third-order valence-corrected chi connectivity index (χ3v) is 5.11. The number of benzene rings is 2. The van der Waals surface area contributed by atoms with Gasteiger partial charge in [-0.15, -0.1) is 0 Å². The van der Waals surface area contributed by atoms with Crippen LogP contribution in [-0.4, -0.2) is 76.2 Å². The molecule has 0 atom stereocenters. The van der Waals surface area contributed by atoms with Crippen molar-refractivity contribution in [3.8, 4) is 17.2 Å². The molecule has 0 saturated carbocycles. The van der Waals surface area contributed by atoms with Crippen molar-refractivity contribution in [3.63, 3.8) is 0 Å². The molecule has 2 aromatic rings. The molecular weight excluding hydrogens is 386 g/mol. The molecule has 30 heavy (non-hydrogen) atoms. The van der Waals surface area contributed by atoms with Gasteiger partial charge < -0.3 is 29.3 Å². The van der Waals surface area contributed by atoms with E-state index in [4.69, 9.17) is 14.2 Å². The summed E-state index contributed by atoms with van der Waals surface area (Å²) in [5.74, 6) is 0.895. The number of likely N-dealkylation sites (N-methyl/N-ethyl adjacent to an activating group) is 1. The molecule has 3 rings (SSSR count). The maximum Gasteiger partial charge on any atom is 0.255 e. The predicted molar refractivity (Wildman–Crippen MR) is 114 cm³/mol. The van der Waals surface area contributed by atoms with E-state index in [2.05, 4.69) is 10.2 Å². The zero-order valence-electron chi connectivity index (χ0n) is 17.7. The minimum absolute atomic E-state index is 0.00519. The fourth-order valence-corrected chi connectivity index (χ4v) is 3.30. The lowest BCUT2D eigenvalue weighted by Crippen LogP contribution is -2.47. The minimum Gasteiger partial charge on any atom is -0.493 e. The summed E-state index contributed by atoms with van der Waals surface area (Å²) in [6.07, 6.45) is 0. The summed E-state index contributed by atoms with van der Waals surface area (Å²) in [5, 5.41) is 2.83. The lowest BCUT2D eigenvalue weighted by molar-refractivity contribution is 0.0664. The largest absolute Gasteiger partial charge is 0.493 e. The second-order valence-electron chi connectivity index (χ2n) is 7.04. The van der Waals surface area contributed by atoms with Crippen molar-refractivity contribution in [1.82, 2.24) is 9.80 Å². The molecule has 0 radical (unpaired) electrons.